The van der Waals surface area contributed by atoms with Crippen LogP contribution in [0.5, 0.6) is 0 Å². The van der Waals surface area contributed by atoms with E-state index in [0.29, 0.717) is 26.4 Å². The number of ether oxygens (including phenoxy) is 5. The van der Waals surface area contributed by atoms with E-state index in [-0.39, 0.29) is 11.9 Å². The molecule has 19 heavy (non-hydrogen) atoms. The number of esters is 2. The van der Waals surface area contributed by atoms with Crippen LogP contribution < -0.4 is 0 Å². The highest BCUT2D eigenvalue weighted by Gasteiger charge is 2.05. The van der Waals surface area contributed by atoms with Crippen molar-refractivity contribution in [2.45, 2.75) is 40.3 Å². The molecule has 0 saturated heterocycles. The third kappa shape index (κ3) is 13.1. The summed E-state index contributed by atoms with van der Waals surface area (Å²) in [5.74, 6) is -0.775. The van der Waals surface area contributed by atoms with Crippen LogP contribution in [0.2, 0.25) is 0 Å². The second-order valence-corrected chi connectivity index (χ2v) is 3.71. The maximum absolute atomic E-state index is 10.6. The van der Waals surface area contributed by atoms with Gasteiger partial charge in [-0.1, -0.05) is 0 Å². The largest absolute Gasteiger partial charge is 0.436 e. The Balaban J connectivity index is 3.31. The molecule has 0 fully saturated rings. The molecule has 0 spiro atoms. The molecule has 112 valence electrons. The summed E-state index contributed by atoms with van der Waals surface area (Å²) in [6.07, 6.45) is -1.16. The summed E-state index contributed by atoms with van der Waals surface area (Å²) in [5.41, 5.74) is 0. The molecular weight excluding hydrogens is 256 g/mol. The van der Waals surface area contributed by atoms with E-state index in [2.05, 4.69) is 0 Å². The van der Waals surface area contributed by atoms with Gasteiger partial charge in [-0.2, -0.15) is 0 Å². The number of rotatable bonds is 10. The second kappa shape index (κ2) is 10.7. The minimum absolute atomic E-state index is 0.313. The van der Waals surface area contributed by atoms with E-state index in [0.717, 1.165) is 0 Å². The fraction of sp³-hybridized carbons (Fsp3) is 0.833. The molecule has 0 aliphatic carbocycles. The van der Waals surface area contributed by atoms with Crippen molar-refractivity contribution in [1.29, 1.82) is 0 Å². The van der Waals surface area contributed by atoms with E-state index >= 15 is 0 Å². The lowest BCUT2D eigenvalue weighted by molar-refractivity contribution is -0.177. The molecule has 0 aliphatic heterocycles. The summed E-state index contributed by atoms with van der Waals surface area (Å²) < 4.78 is 25.0. The van der Waals surface area contributed by atoms with Crippen molar-refractivity contribution in [3.63, 3.8) is 0 Å². The van der Waals surface area contributed by atoms with Gasteiger partial charge in [-0.15, -0.1) is 0 Å². The van der Waals surface area contributed by atoms with Crippen LogP contribution >= 0.6 is 0 Å². The topological polar surface area (TPSA) is 80.3 Å². The fourth-order valence-corrected chi connectivity index (χ4v) is 1.18. The quantitative estimate of drug-likeness (QED) is 0.333. The lowest BCUT2D eigenvalue weighted by Crippen LogP contribution is -2.21. The Hall–Kier alpha value is -1.18. The summed E-state index contributed by atoms with van der Waals surface area (Å²) in [7, 11) is 0. The Labute approximate surface area is 113 Å². The van der Waals surface area contributed by atoms with Gasteiger partial charge in [-0.25, -0.2) is 0 Å². The second-order valence-electron chi connectivity index (χ2n) is 3.71. The molecule has 0 N–H and O–H groups in total. The molecule has 0 heterocycles. The maximum atomic E-state index is 10.6. The first kappa shape index (κ1) is 17.8. The van der Waals surface area contributed by atoms with E-state index in [1.54, 1.807) is 13.8 Å². The first-order valence-corrected chi connectivity index (χ1v) is 6.07. The Morgan fingerprint density at radius 2 is 1.16 bits per heavy atom. The van der Waals surface area contributed by atoms with Gasteiger partial charge in [0.05, 0.1) is 26.4 Å². The standard InChI is InChI=1S/C12H22O7/c1-9(13)18-11(3)16-7-5-15-6-8-17-12(4)19-10(2)14/h11-12H,5-8H2,1-4H3. The van der Waals surface area contributed by atoms with Crippen LogP contribution in [0.3, 0.4) is 0 Å². The van der Waals surface area contributed by atoms with Crippen molar-refractivity contribution in [2.75, 3.05) is 26.4 Å². The molecule has 0 aliphatic rings. The smallest absolute Gasteiger partial charge is 0.304 e. The molecule has 0 aromatic heterocycles. The molecule has 0 bridgehead atoms. The average molecular weight is 278 g/mol. The molecule has 7 heteroatoms. The zero-order valence-corrected chi connectivity index (χ0v) is 11.8. The minimum atomic E-state index is -0.582. The Bertz CT molecular complexity index is 241. The van der Waals surface area contributed by atoms with Crippen LogP contribution in [0.25, 0.3) is 0 Å². The Kier molecular flexibility index (Phi) is 10.1. The number of carbonyl (C=O) groups excluding carboxylic acids is 2. The van der Waals surface area contributed by atoms with Crippen molar-refractivity contribution >= 4 is 11.9 Å². The molecule has 0 rings (SSSR count). The van der Waals surface area contributed by atoms with Crippen molar-refractivity contribution in [1.82, 2.24) is 0 Å². The number of hydrogen-bond donors (Lipinski definition) is 0. The van der Waals surface area contributed by atoms with Gasteiger partial charge in [0.25, 0.3) is 0 Å². The normalized spacial score (nSPS) is 13.7. The van der Waals surface area contributed by atoms with Gasteiger partial charge in [0, 0.05) is 13.8 Å². The lowest BCUT2D eigenvalue weighted by atomic mass is 10.6. The van der Waals surface area contributed by atoms with Gasteiger partial charge >= 0.3 is 11.9 Å². The van der Waals surface area contributed by atoms with Crippen LogP contribution in [0.15, 0.2) is 0 Å². The average Bonchev–Trinajstić information content (AvgIpc) is 2.25. The van der Waals surface area contributed by atoms with E-state index in [4.69, 9.17) is 23.7 Å². The highest BCUT2D eigenvalue weighted by molar-refractivity contribution is 5.66. The monoisotopic (exact) mass is 278 g/mol. The fourth-order valence-electron chi connectivity index (χ4n) is 1.18. The van der Waals surface area contributed by atoms with Gasteiger partial charge in [0.2, 0.25) is 0 Å². The summed E-state index contributed by atoms with van der Waals surface area (Å²) in [6.45, 7) is 7.24. The van der Waals surface area contributed by atoms with E-state index in [1.807, 2.05) is 0 Å². The van der Waals surface area contributed by atoms with Crippen LogP contribution in [0, 0.1) is 0 Å². The van der Waals surface area contributed by atoms with E-state index in [9.17, 15) is 9.59 Å². The summed E-state index contributed by atoms with van der Waals surface area (Å²) in [4.78, 5) is 21.2. The highest BCUT2D eigenvalue weighted by atomic mass is 16.7. The summed E-state index contributed by atoms with van der Waals surface area (Å²) in [5, 5.41) is 0. The minimum Gasteiger partial charge on any atom is -0.436 e. The Morgan fingerprint density at radius 3 is 1.47 bits per heavy atom. The number of carbonyl (C=O) groups is 2. The molecular formula is C12H22O7. The van der Waals surface area contributed by atoms with E-state index in [1.165, 1.54) is 13.8 Å². The van der Waals surface area contributed by atoms with Crippen molar-refractivity contribution in [3.05, 3.63) is 0 Å². The van der Waals surface area contributed by atoms with E-state index < -0.39 is 12.6 Å². The maximum Gasteiger partial charge on any atom is 0.304 e. The molecule has 7 nitrogen and oxygen atoms in total. The first-order valence-electron chi connectivity index (χ1n) is 6.07. The summed E-state index contributed by atoms with van der Waals surface area (Å²) >= 11 is 0. The zero-order valence-electron chi connectivity index (χ0n) is 11.8. The molecule has 0 saturated carbocycles. The van der Waals surface area contributed by atoms with Gasteiger partial charge in [0.15, 0.2) is 12.6 Å². The molecule has 0 radical (unpaired) electrons. The van der Waals surface area contributed by atoms with Crippen molar-refractivity contribution < 1.29 is 33.3 Å². The molecule has 2 atom stereocenters. The van der Waals surface area contributed by atoms with Gasteiger partial charge < -0.3 is 23.7 Å². The van der Waals surface area contributed by atoms with Crippen molar-refractivity contribution in [2.24, 2.45) is 0 Å². The SMILES string of the molecule is CC(=O)OC(C)OCCOCCOC(C)OC(C)=O. The van der Waals surface area contributed by atoms with Crippen LogP contribution in [-0.4, -0.2) is 50.9 Å². The summed E-state index contributed by atoms with van der Waals surface area (Å²) in [6, 6.07) is 0. The van der Waals surface area contributed by atoms with Gasteiger partial charge in [-0.3, -0.25) is 9.59 Å². The predicted octanol–water partition coefficient (Wildman–Crippen LogP) is 0.854. The Morgan fingerprint density at radius 1 is 0.789 bits per heavy atom. The first-order chi connectivity index (χ1) is 8.91. The zero-order chi connectivity index (χ0) is 14.7. The third-order valence-corrected chi connectivity index (χ3v) is 1.82. The predicted molar refractivity (Wildman–Crippen MR) is 65.2 cm³/mol. The molecule has 0 amide bonds. The van der Waals surface area contributed by atoms with Gasteiger partial charge in [0.1, 0.15) is 0 Å². The van der Waals surface area contributed by atoms with Crippen LogP contribution in [0.1, 0.15) is 27.7 Å². The molecule has 0 aromatic carbocycles. The van der Waals surface area contributed by atoms with Crippen LogP contribution in [0.4, 0.5) is 0 Å². The highest BCUT2D eigenvalue weighted by Crippen LogP contribution is 1.95. The van der Waals surface area contributed by atoms with Gasteiger partial charge in [-0.05, 0) is 13.8 Å². The third-order valence-electron chi connectivity index (χ3n) is 1.82. The molecule has 2 unspecified atom stereocenters. The van der Waals surface area contributed by atoms with Crippen LogP contribution in [-0.2, 0) is 33.3 Å². The van der Waals surface area contributed by atoms with Crippen molar-refractivity contribution in [3.8, 4) is 0 Å². The lowest BCUT2D eigenvalue weighted by Gasteiger charge is -2.14. The molecule has 0 aromatic rings. The number of hydrogen-bond acceptors (Lipinski definition) is 7.